The van der Waals surface area contributed by atoms with Crippen molar-refractivity contribution in [1.29, 1.82) is 0 Å². The molecule has 0 N–H and O–H groups in total. The second kappa shape index (κ2) is 2.94. The molecule has 0 aliphatic rings. The second-order valence-corrected chi connectivity index (χ2v) is 2.47. The highest BCUT2D eigenvalue weighted by molar-refractivity contribution is 6.63. The summed E-state index contributed by atoms with van der Waals surface area (Å²) in [5.74, 6) is 0. The molecule has 5 nitrogen and oxygen atoms in total. The van der Waals surface area contributed by atoms with E-state index in [9.17, 15) is 14.4 Å². The zero-order valence-electron chi connectivity index (χ0n) is 6.15. The van der Waals surface area contributed by atoms with Gasteiger partial charge in [0.15, 0.2) is 0 Å². The molecule has 0 spiro atoms. The SMILES string of the molecule is Cc1cn(C(=O)Cl)c(=O)n1C=O. The Morgan fingerprint density at radius 3 is 2.50 bits per heavy atom. The Bertz CT molecular complexity index is 390. The van der Waals surface area contributed by atoms with E-state index in [0.29, 0.717) is 16.7 Å². The maximum atomic E-state index is 11.1. The minimum atomic E-state index is -0.927. The first-order valence-corrected chi connectivity index (χ1v) is 3.41. The van der Waals surface area contributed by atoms with Crippen LogP contribution in [0.4, 0.5) is 4.79 Å². The highest BCUT2D eigenvalue weighted by Gasteiger charge is 2.10. The summed E-state index contributed by atoms with van der Waals surface area (Å²) in [5, 5.41) is -0.927. The number of carbonyl (C=O) groups is 2. The number of aromatic nitrogens is 2. The highest BCUT2D eigenvalue weighted by Crippen LogP contribution is 1.94. The van der Waals surface area contributed by atoms with Crippen molar-refractivity contribution in [2.75, 3.05) is 0 Å². The zero-order chi connectivity index (χ0) is 9.30. The highest BCUT2D eigenvalue weighted by atomic mass is 35.5. The fraction of sp³-hybridized carbons (Fsp3) is 0.167. The molecule has 64 valence electrons. The molecule has 0 aromatic carbocycles. The van der Waals surface area contributed by atoms with E-state index >= 15 is 0 Å². The smallest absolute Gasteiger partial charge is 0.278 e. The van der Waals surface area contributed by atoms with E-state index in [0.717, 1.165) is 4.57 Å². The van der Waals surface area contributed by atoms with Crippen LogP contribution in [0.1, 0.15) is 5.69 Å². The van der Waals surface area contributed by atoms with Gasteiger partial charge in [-0.15, -0.1) is 0 Å². The third kappa shape index (κ3) is 1.18. The fourth-order valence-corrected chi connectivity index (χ4v) is 0.946. The Morgan fingerprint density at radius 1 is 1.67 bits per heavy atom. The predicted molar refractivity (Wildman–Crippen MR) is 42.2 cm³/mol. The van der Waals surface area contributed by atoms with Crippen molar-refractivity contribution in [3.8, 4) is 0 Å². The number of imidazole rings is 1. The van der Waals surface area contributed by atoms with Crippen LogP contribution in [-0.4, -0.2) is 20.9 Å². The molecule has 1 aromatic heterocycles. The van der Waals surface area contributed by atoms with E-state index in [1.807, 2.05) is 0 Å². The van der Waals surface area contributed by atoms with Crippen molar-refractivity contribution < 1.29 is 9.59 Å². The van der Waals surface area contributed by atoms with Crippen LogP contribution >= 0.6 is 11.6 Å². The number of halogens is 1. The Hall–Kier alpha value is -1.36. The number of hydrogen-bond acceptors (Lipinski definition) is 3. The van der Waals surface area contributed by atoms with Crippen molar-refractivity contribution in [3.05, 3.63) is 22.4 Å². The van der Waals surface area contributed by atoms with Gasteiger partial charge in [0.25, 0.3) is 0 Å². The van der Waals surface area contributed by atoms with Crippen LogP contribution in [0.2, 0.25) is 0 Å². The van der Waals surface area contributed by atoms with Gasteiger partial charge in [0.05, 0.1) is 0 Å². The Balaban J connectivity index is 3.47. The molecule has 1 rings (SSSR count). The van der Waals surface area contributed by atoms with Gasteiger partial charge in [-0.3, -0.25) is 9.59 Å². The van der Waals surface area contributed by atoms with E-state index in [4.69, 9.17) is 11.6 Å². The Morgan fingerprint density at radius 2 is 2.25 bits per heavy atom. The normalized spacial score (nSPS) is 9.83. The maximum Gasteiger partial charge on any atom is 0.342 e. The van der Waals surface area contributed by atoms with Gasteiger partial charge in [-0.1, -0.05) is 0 Å². The first kappa shape index (κ1) is 8.73. The second-order valence-electron chi connectivity index (χ2n) is 2.15. The van der Waals surface area contributed by atoms with E-state index in [1.54, 1.807) is 0 Å². The molecule has 0 amide bonds. The summed E-state index contributed by atoms with van der Waals surface area (Å²) in [7, 11) is 0. The van der Waals surface area contributed by atoms with Crippen LogP contribution in [0, 0.1) is 6.92 Å². The lowest BCUT2D eigenvalue weighted by atomic mass is 10.5. The molecule has 1 aromatic rings. The van der Waals surface area contributed by atoms with Crippen LogP contribution in [0.3, 0.4) is 0 Å². The molecule has 0 saturated carbocycles. The molecule has 0 aliphatic carbocycles. The molecule has 0 atom stereocenters. The first-order chi connectivity index (χ1) is 5.57. The van der Waals surface area contributed by atoms with Crippen LogP contribution in [0.5, 0.6) is 0 Å². The first-order valence-electron chi connectivity index (χ1n) is 3.03. The third-order valence-electron chi connectivity index (χ3n) is 1.40. The van der Waals surface area contributed by atoms with Crippen molar-refractivity contribution >= 4 is 23.4 Å². The van der Waals surface area contributed by atoms with Crippen LogP contribution in [-0.2, 0) is 4.79 Å². The number of nitrogens with zero attached hydrogens (tertiary/aromatic N) is 2. The maximum absolute atomic E-state index is 11.1. The monoisotopic (exact) mass is 188 g/mol. The minimum absolute atomic E-state index is 0.327. The van der Waals surface area contributed by atoms with E-state index in [2.05, 4.69) is 0 Å². The number of aryl methyl sites for hydroxylation is 1. The summed E-state index contributed by atoms with van der Waals surface area (Å²) in [4.78, 5) is 31.9. The quantitative estimate of drug-likeness (QED) is 0.467. The van der Waals surface area contributed by atoms with Gasteiger partial charge in [-0.25, -0.2) is 13.9 Å². The molecule has 12 heavy (non-hydrogen) atoms. The molecule has 0 unspecified atom stereocenters. The summed E-state index contributed by atoms with van der Waals surface area (Å²) < 4.78 is 1.45. The van der Waals surface area contributed by atoms with Crippen molar-refractivity contribution in [3.63, 3.8) is 0 Å². The summed E-state index contributed by atoms with van der Waals surface area (Å²) in [6, 6.07) is 0. The van der Waals surface area contributed by atoms with E-state index < -0.39 is 11.1 Å². The minimum Gasteiger partial charge on any atom is -0.278 e. The molecular formula is C6H5ClN2O3. The molecule has 0 radical (unpaired) electrons. The topological polar surface area (TPSA) is 61.1 Å². The average molecular weight is 189 g/mol. The predicted octanol–water partition coefficient (Wildman–Crippen LogP) is 0.203. The molecule has 1 heterocycles. The lowest BCUT2D eigenvalue weighted by molar-refractivity contribution is 0.260. The van der Waals surface area contributed by atoms with E-state index in [-0.39, 0.29) is 0 Å². The lowest BCUT2D eigenvalue weighted by Gasteiger charge is -1.87. The average Bonchev–Trinajstić information content (AvgIpc) is 2.27. The molecule has 0 bridgehead atoms. The van der Waals surface area contributed by atoms with Crippen molar-refractivity contribution in [2.24, 2.45) is 0 Å². The van der Waals surface area contributed by atoms with Crippen LogP contribution < -0.4 is 5.69 Å². The summed E-state index contributed by atoms with van der Waals surface area (Å²) in [6.07, 6.45) is 1.53. The molecular weight excluding hydrogens is 184 g/mol. The van der Waals surface area contributed by atoms with Gasteiger partial charge in [-0.05, 0) is 18.5 Å². The van der Waals surface area contributed by atoms with Gasteiger partial charge in [0.2, 0.25) is 6.41 Å². The number of rotatable bonds is 1. The lowest BCUT2D eigenvalue weighted by Crippen LogP contribution is -2.26. The van der Waals surface area contributed by atoms with Crippen LogP contribution in [0.15, 0.2) is 11.0 Å². The zero-order valence-corrected chi connectivity index (χ0v) is 6.91. The van der Waals surface area contributed by atoms with Crippen molar-refractivity contribution in [1.82, 2.24) is 9.13 Å². The van der Waals surface area contributed by atoms with Gasteiger partial charge < -0.3 is 0 Å². The molecule has 6 heteroatoms. The molecule has 0 aliphatic heterocycles. The van der Waals surface area contributed by atoms with Gasteiger partial charge in [0.1, 0.15) is 0 Å². The molecule has 0 saturated heterocycles. The summed E-state index contributed by atoms with van der Waals surface area (Å²) in [5.41, 5.74) is -0.383. The van der Waals surface area contributed by atoms with Gasteiger partial charge >= 0.3 is 11.1 Å². The number of hydrogen-bond donors (Lipinski definition) is 0. The van der Waals surface area contributed by atoms with Gasteiger partial charge in [0, 0.05) is 11.9 Å². The van der Waals surface area contributed by atoms with Gasteiger partial charge in [-0.2, -0.15) is 0 Å². The summed E-state index contributed by atoms with van der Waals surface area (Å²) in [6.45, 7) is 1.52. The Labute approximate surface area is 72.2 Å². The van der Waals surface area contributed by atoms with E-state index in [1.165, 1.54) is 13.1 Å². The standard InChI is InChI=1S/C6H5ClN2O3/c1-4-2-8(5(7)11)6(12)9(4)3-10/h2-3H,1H3. The number of carbonyl (C=O) groups excluding carboxylic acids is 2. The summed E-state index contributed by atoms with van der Waals surface area (Å²) >= 11 is 5.05. The van der Waals surface area contributed by atoms with Crippen LogP contribution in [0.25, 0.3) is 0 Å². The molecule has 0 fully saturated rings. The fourth-order valence-electron chi connectivity index (χ4n) is 0.825. The Kier molecular flexibility index (Phi) is 2.14. The third-order valence-corrected chi connectivity index (χ3v) is 1.59. The van der Waals surface area contributed by atoms with Crippen molar-refractivity contribution in [2.45, 2.75) is 6.92 Å². The largest absolute Gasteiger partial charge is 0.342 e.